The number of aromatic hydroxyl groups is 1. The largest absolute Gasteiger partial charge is 0.506 e. The van der Waals surface area contributed by atoms with Crippen molar-refractivity contribution in [3.63, 3.8) is 0 Å². The summed E-state index contributed by atoms with van der Waals surface area (Å²) in [5.74, 6) is -6.47. The Kier molecular flexibility index (Phi) is 16.4. The Bertz CT molecular complexity index is 2390. The monoisotopic (exact) mass is 1030 g/mol. The topological polar surface area (TPSA) is 281 Å². The van der Waals surface area contributed by atoms with Gasteiger partial charge in [-0.1, -0.05) is 0 Å². The van der Waals surface area contributed by atoms with Crippen molar-refractivity contribution in [2.45, 2.75) is 117 Å². The van der Waals surface area contributed by atoms with Crippen LogP contribution in [0, 0.1) is 3.57 Å². The highest BCUT2D eigenvalue weighted by Gasteiger charge is 2.55. The van der Waals surface area contributed by atoms with Crippen LogP contribution < -0.4 is 19.6 Å². The molecule has 3 heterocycles. The van der Waals surface area contributed by atoms with Crippen LogP contribution in [0.3, 0.4) is 0 Å². The minimum Gasteiger partial charge on any atom is -0.506 e. The molecule has 0 radical (unpaired) electrons. The fourth-order valence-electron chi connectivity index (χ4n) is 7.05. The van der Waals surface area contributed by atoms with Gasteiger partial charge in [-0.3, -0.25) is 38.4 Å². The third-order valence-electron chi connectivity index (χ3n) is 9.40. The zero-order valence-corrected chi connectivity index (χ0v) is 38.4. The van der Waals surface area contributed by atoms with Gasteiger partial charge in [-0.05, 0) is 47.7 Å². The number of phenolic OH excluding ortho intramolecular Hbond substituents is 1. The van der Waals surface area contributed by atoms with Crippen LogP contribution in [-0.2, 0) is 76.2 Å². The maximum atomic E-state index is 13.5. The molecule has 65 heavy (non-hydrogen) atoms. The van der Waals surface area contributed by atoms with Gasteiger partial charge in [0.05, 0.1) is 23.4 Å². The highest BCUT2D eigenvalue weighted by atomic mass is 127. The van der Waals surface area contributed by atoms with E-state index in [4.69, 9.17) is 61.3 Å². The Balaban J connectivity index is 1.58. The summed E-state index contributed by atoms with van der Waals surface area (Å²) in [6.07, 6.45) is -15.2. The summed E-state index contributed by atoms with van der Waals surface area (Å²) in [6.45, 7) is 8.34. The molecule has 2 aliphatic heterocycles. The third-order valence-corrected chi connectivity index (χ3v) is 10.4. The molecule has 1 N–H and O–H groups in total. The molecule has 2 saturated heterocycles. The molecule has 2 aliphatic rings. The van der Waals surface area contributed by atoms with E-state index in [2.05, 4.69) is 0 Å². The van der Waals surface area contributed by atoms with Gasteiger partial charge in [-0.2, -0.15) is 0 Å². The zero-order valence-electron chi connectivity index (χ0n) is 36.3. The number of phenols is 1. The summed E-state index contributed by atoms with van der Waals surface area (Å²) in [5.41, 5.74) is -0.629. The van der Waals surface area contributed by atoms with Gasteiger partial charge in [-0.15, -0.1) is 0 Å². The van der Waals surface area contributed by atoms with Crippen molar-refractivity contribution >= 4 is 75.3 Å². The highest BCUT2D eigenvalue weighted by molar-refractivity contribution is 14.1. The van der Waals surface area contributed by atoms with Gasteiger partial charge in [0, 0.05) is 66.2 Å². The molecule has 0 amide bonds. The minimum absolute atomic E-state index is 0.0236. The summed E-state index contributed by atoms with van der Waals surface area (Å²) < 4.78 is 74.1. The number of hydrogen-bond donors (Lipinski definition) is 1. The van der Waals surface area contributed by atoms with Crippen LogP contribution in [0.4, 0.5) is 0 Å². The molecular weight excluding hydrogens is 983 g/mol. The van der Waals surface area contributed by atoms with E-state index in [9.17, 15) is 43.5 Å². The lowest BCUT2D eigenvalue weighted by atomic mass is 9.97. The molecule has 3 aromatic rings. The molecule has 2 aromatic carbocycles. The van der Waals surface area contributed by atoms with Crippen molar-refractivity contribution in [3.8, 4) is 34.3 Å². The number of rotatable bonds is 14. The first-order valence-corrected chi connectivity index (χ1v) is 20.6. The molecule has 0 saturated carbocycles. The van der Waals surface area contributed by atoms with Crippen LogP contribution >= 0.6 is 22.6 Å². The van der Waals surface area contributed by atoms with Gasteiger partial charge < -0.3 is 66.4 Å². The number of ether oxygens (including phenoxy) is 12. The van der Waals surface area contributed by atoms with Crippen molar-refractivity contribution in [3.05, 3.63) is 44.1 Å². The average molecular weight is 1030 g/mol. The zero-order chi connectivity index (χ0) is 48.0. The van der Waals surface area contributed by atoms with E-state index < -0.39 is 121 Å². The molecule has 22 nitrogen and oxygen atoms in total. The van der Waals surface area contributed by atoms with Crippen molar-refractivity contribution in [1.82, 2.24) is 0 Å². The number of fused-ring (bicyclic) bond motifs is 1. The third kappa shape index (κ3) is 12.2. The van der Waals surface area contributed by atoms with Crippen molar-refractivity contribution < 1.29 is 99.9 Å². The first-order valence-electron chi connectivity index (χ1n) is 19.6. The lowest BCUT2D eigenvalue weighted by Gasteiger charge is -2.46. The number of esters is 7. The van der Waals surface area contributed by atoms with E-state index in [1.165, 1.54) is 45.2 Å². The highest BCUT2D eigenvalue weighted by Crippen LogP contribution is 2.41. The lowest BCUT2D eigenvalue weighted by Crippen LogP contribution is -2.64. The van der Waals surface area contributed by atoms with Gasteiger partial charge in [0.2, 0.25) is 12.4 Å². The number of benzene rings is 2. The van der Waals surface area contributed by atoms with Crippen molar-refractivity contribution in [2.75, 3.05) is 13.7 Å². The quantitative estimate of drug-likeness (QED) is 0.105. The van der Waals surface area contributed by atoms with E-state index in [-0.39, 0.29) is 43.1 Å². The van der Waals surface area contributed by atoms with E-state index in [0.29, 0.717) is 0 Å². The van der Waals surface area contributed by atoms with Crippen molar-refractivity contribution in [2.24, 2.45) is 0 Å². The summed E-state index contributed by atoms with van der Waals surface area (Å²) in [4.78, 5) is 99.7. The summed E-state index contributed by atoms with van der Waals surface area (Å²) in [5, 5.41) is 11.1. The molecule has 1 aromatic heterocycles. The second kappa shape index (κ2) is 21.3. The Morgan fingerprint density at radius 2 is 1.15 bits per heavy atom. The van der Waals surface area contributed by atoms with Crippen LogP contribution in [0.2, 0.25) is 0 Å². The maximum Gasteiger partial charge on any atom is 0.308 e. The SMILES string of the molecule is COc1ccc(-c2cc(=O)c3c(O)c(I)c(O[C@@H]4OC(CO[C@@H]5O[C@@H](C)[C@H](OC(C)=O)[C@H](OC(C)=O)[C@@H]5OC(C)=O)[C@@H](OC(C)=O)C(OC(C)=O)[C@H]4OC(C)=O)cc3o2)cc1OC(C)=O. The number of carbonyl (C=O) groups excluding carboxylic acids is 7. The van der Waals surface area contributed by atoms with Crippen LogP contribution in [0.1, 0.15) is 55.4 Å². The molecule has 352 valence electrons. The lowest BCUT2D eigenvalue weighted by molar-refractivity contribution is -0.323. The molecule has 10 atom stereocenters. The molecule has 2 fully saturated rings. The van der Waals surface area contributed by atoms with Crippen LogP contribution in [0.5, 0.6) is 23.0 Å². The normalized spacial score (nSPS) is 25.0. The van der Waals surface area contributed by atoms with Gasteiger partial charge in [0.15, 0.2) is 53.7 Å². The molecule has 23 heteroatoms. The second-order valence-corrected chi connectivity index (χ2v) is 15.6. The summed E-state index contributed by atoms with van der Waals surface area (Å²) >= 11 is 1.68. The number of halogens is 1. The molecule has 0 spiro atoms. The smallest absolute Gasteiger partial charge is 0.308 e. The van der Waals surface area contributed by atoms with Crippen LogP contribution in [-0.4, -0.2) is 122 Å². The van der Waals surface area contributed by atoms with Gasteiger partial charge >= 0.3 is 41.8 Å². The first kappa shape index (κ1) is 50.0. The van der Waals surface area contributed by atoms with E-state index in [1.807, 2.05) is 0 Å². The standard InChI is InChI=1S/C42H45IO22/c1-16-35(57-18(3)45)37(59-20(5)47)39(61-22(7)49)41(55-16)54-15-31-36(58-19(4)46)38(60-21(6)48)40(62-23(8)50)42(65-31)64-30-14-29-32(34(52)33(30)43)25(51)13-27(63-29)24-10-11-26(53-9)28(12-24)56-17(2)44/h10-14,16,31,35-42,52H,15H2,1-9H3/t16-,31?,35-,36+,37-,38?,39-,40+,41+,42+/m0/s1. The molecule has 0 bridgehead atoms. The second-order valence-electron chi connectivity index (χ2n) is 14.5. The first-order chi connectivity index (χ1) is 30.6. The van der Waals surface area contributed by atoms with Crippen molar-refractivity contribution in [1.29, 1.82) is 0 Å². The molecule has 2 unspecified atom stereocenters. The van der Waals surface area contributed by atoms with E-state index in [1.54, 1.807) is 22.6 Å². The van der Waals surface area contributed by atoms with E-state index >= 15 is 0 Å². The fourth-order valence-corrected chi connectivity index (χ4v) is 7.60. The maximum absolute atomic E-state index is 13.5. The Morgan fingerprint density at radius 1 is 0.631 bits per heavy atom. The van der Waals surface area contributed by atoms with Gasteiger partial charge in [0.25, 0.3) is 0 Å². The number of methoxy groups -OCH3 is 1. The van der Waals surface area contributed by atoms with Gasteiger partial charge in [-0.25, -0.2) is 0 Å². The minimum atomic E-state index is -1.80. The molecular formula is C42H45IO22. The summed E-state index contributed by atoms with van der Waals surface area (Å²) in [7, 11) is 1.37. The average Bonchev–Trinajstić information content (AvgIpc) is 3.19. The fraction of sp³-hybridized carbons (Fsp3) is 0.476. The Labute approximate surface area is 383 Å². The van der Waals surface area contributed by atoms with Gasteiger partial charge in [0.1, 0.15) is 34.3 Å². The number of carbonyl (C=O) groups is 7. The molecule has 5 rings (SSSR count). The Morgan fingerprint density at radius 3 is 1.71 bits per heavy atom. The predicted octanol–water partition coefficient (Wildman–Crippen LogP) is 3.16. The molecule has 0 aliphatic carbocycles. The van der Waals surface area contributed by atoms with Crippen LogP contribution in [0.25, 0.3) is 22.3 Å². The Hall–Kier alpha value is -6.05. The van der Waals surface area contributed by atoms with E-state index in [0.717, 1.165) is 47.6 Å². The predicted molar refractivity (Wildman–Crippen MR) is 223 cm³/mol. The number of hydrogen-bond acceptors (Lipinski definition) is 22. The summed E-state index contributed by atoms with van der Waals surface area (Å²) in [6, 6.07) is 6.74. The van der Waals surface area contributed by atoms with Crippen LogP contribution in [0.15, 0.2) is 39.5 Å².